The maximum Gasteiger partial charge on any atom is 0.291 e. The van der Waals surface area contributed by atoms with Crippen LogP contribution in [0.4, 0.5) is 10.7 Å². The van der Waals surface area contributed by atoms with Crippen LogP contribution in [-0.2, 0) is 0 Å². The molecule has 4 N–H and O–H groups in total. The number of thiophene rings is 1. The molecule has 3 heterocycles. The van der Waals surface area contributed by atoms with E-state index >= 15 is 0 Å². The fourth-order valence-corrected chi connectivity index (χ4v) is 3.85. The van der Waals surface area contributed by atoms with E-state index in [2.05, 4.69) is 15.6 Å². The molecule has 166 valence electrons. The maximum atomic E-state index is 12.7. The molecule has 4 rings (SSSR count). The van der Waals surface area contributed by atoms with E-state index in [4.69, 9.17) is 14.9 Å². The average molecular weight is 462 g/mol. The average Bonchev–Trinajstić information content (AvgIpc) is 3.45. The number of nitrogens with two attached hydrogens (primary N) is 1. The molecule has 3 aromatic heterocycles. The summed E-state index contributed by atoms with van der Waals surface area (Å²) in [6, 6.07) is 14.5. The van der Waals surface area contributed by atoms with E-state index in [9.17, 15) is 14.4 Å². The highest BCUT2D eigenvalue weighted by Crippen LogP contribution is 2.28. The number of pyridine rings is 1. The molecule has 33 heavy (non-hydrogen) atoms. The van der Waals surface area contributed by atoms with Crippen molar-refractivity contribution in [2.45, 2.75) is 6.92 Å². The molecular formula is C23H18N4O5S. The van der Waals surface area contributed by atoms with Crippen molar-refractivity contribution in [3.8, 4) is 11.6 Å². The fraction of sp³-hybridized carbons (Fsp3) is 0.0435. The zero-order valence-electron chi connectivity index (χ0n) is 17.3. The lowest BCUT2D eigenvalue weighted by molar-refractivity contribution is 0.0990. The minimum Gasteiger partial charge on any atom is -0.459 e. The Labute approximate surface area is 192 Å². The topological polar surface area (TPSA) is 137 Å². The van der Waals surface area contributed by atoms with E-state index in [1.165, 1.54) is 18.5 Å². The molecule has 0 saturated carbocycles. The number of primary amides is 1. The molecule has 0 aliphatic rings. The number of benzene rings is 1. The standard InChI is InChI=1S/C23H18N4O5S/c1-13-10-19(27-22(29)17-6-3-9-31-17)33-20(13)23(30)26-15-7-8-18(25-12-15)32-16-5-2-4-14(11-16)21(24)28/h2-12H,1H3,(H2,24,28)(H,26,30)(H,27,29). The third-order valence-electron chi connectivity index (χ3n) is 4.44. The van der Waals surface area contributed by atoms with Crippen molar-refractivity contribution >= 4 is 39.7 Å². The smallest absolute Gasteiger partial charge is 0.291 e. The van der Waals surface area contributed by atoms with Gasteiger partial charge in [0.2, 0.25) is 11.8 Å². The summed E-state index contributed by atoms with van der Waals surface area (Å²) in [6.45, 7) is 1.78. The highest BCUT2D eigenvalue weighted by atomic mass is 32.1. The van der Waals surface area contributed by atoms with Gasteiger partial charge in [-0.2, -0.15) is 0 Å². The number of nitrogens with one attached hydrogen (secondary N) is 2. The lowest BCUT2D eigenvalue weighted by Gasteiger charge is -2.07. The number of nitrogens with zero attached hydrogens (tertiary/aromatic N) is 1. The highest BCUT2D eigenvalue weighted by molar-refractivity contribution is 7.18. The summed E-state index contributed by atoms with van der Waals surface area (Å²) in [5, 5.41) is 6.01. The van der Waals surface area contributed by atoms with Crippen molar-refractivity contribution in [2.75, 3.05) is 10.6 Å². The van der Waals surface area contributed by atoms with Gasteiger partial charge < -0.3 is 25.5 Å². The Morgan fingerprint density at radius 2 is 1.88 bits per heavy atom. The monoisotopic (exact) mass is 462 g/mol. The van der Waals surface area contributed by atoms with Gasteiger partial charge >= 0.3 is 0 Å². The van der Waals surface area contributed by atoms with Crippen molar-refractivity contribution < 1.29 is 23.5 Å². The maximum absolute atomic E-state index is 12.7. The van der Waals surface area contributed by atoms with E-state index < -0.39 is 11.8 Å². The van der Waals surface area contributed by atoms with Gasteiger partial charge in [-0.1, -0.05) is 6.07 Å². The minimum atomic E-state index is -0.556. The summed E-state index contributed by atoms with van der Waals surface area (Å²) in [5.74, 6) is -0.408. The molecule has 0 fully saturated rings. The Morgan fingerprint density at radius 1 is 1.03 bits per heavy atom. The van der Waals surface area contributed by atoms with Gasteiger partial charge in [0.25, 0.3) is 11.8 Å². The number of ether oxygens (including phenoxy) is 1. The van der Waals surface area contributed by atoms with E-state index in [1.807, 2.05) is 0 Å². The van der Waals surface area contributed by atoms with Crippen molar-refractivity contribution in [3.63, 3.8) is 0 Å². The van der Waals surface area contributed by atoms with Gasteiger partial charge in [-0.25, -0.2) is 4.98 Å². The lowest BCUT2D eigenvalue weighted by Crippen LogP contribution is -2.11. The van der Waals surface area contributed by atoms with Gasteiger partial charge in [0.05, 0.1) is 28.0 Å². The van der Waals surface area contributed by atoms with E-state index in [0.29, 0.717) is 26.9 Å². The molecular weight excluding hydrogens is 444 g/mol. The molecule has 0 spiro atoms. The number of amides is 3. The number of anilines is 2. The molecule has 0 bridgehead atoms. The van der Waals surface area contributed by atoms with Crippen molar-refractivity contribution in [2.24, 2.45) is 5.73 Å². The SMILES string of the molecule is Cc1cc(NC(=O)c2ccco2)sc1C(=O)Nc1ccc(Oc2cccc(C(N)=O)c2)nc1. The van der Waals surface area contributed by atoms with Crippen LogP contribution in [0.1, 0.15) is 36.1 Å². The van der Waals surface area contributed by atoms with Gasteiger partial charge in [0, 0.05) is 11.6 Å². The number of carbonyl (C=O) groups is 3. The van der Waals surface area contributed by atoms with Gasteiger partial charge in [-0.05, 0) is 55.0 Å². The van der Waals surface area contributed by atoms with Crippen LogP contribution in [-0.4, -0.2) is 22.7 Å². The van der Waals surface area contributed by atoms with Crippen LogP contribution in [0.3, 0.4) is 0 Å². The Morgan fingerprint density at radius 3 is 2.58 bits per heavy atom. The first-order chi connectivity index (χ1) is 15.9. The lowest BCUT2D eigenvalue weighted by atomic mass is 10.2. The van der Waals surface area contributed by atoms with Crippen molar-refractivity contribution in [1.29, 1.82) is 0 Å². The second-order valence-electron chi connectivity index (χ2n) is 6.89. The van der Waals surface area contributed by atoms with E-state index in [1.54, 1.807) is 55.5 Å². The first-order valence-electron chi connectivity index (χ1n) is 9.69. The van der Waals surface area contributed by atoms with E-state index in [-0.39, 0.29) is 17.5 Å². The number of aryl methyl sites for hydroxylation is 1. The first kappa shape index (κ1) is 21.8. The predicted octanol–water partition coefficient (Wildman–Crippen LogP) is 4.44. The number of furan rings is 1. The number of aromatic nitrogens is 1. The quantitative estimate of drug-likeness (QED) is 0.371. The Balaban J connectivity index is 1.39. The summed E-state index contributed by atoms with van der Waals surface area (Å²) in [4.78, 5) is 40.7. The Bertz CT molecular complexity index is 1310. The molecule has 0 unspecified atom stereocenters. The van der Waals surface area contributed by atoms with Gasteiger partial charge in [0.15, 0.2) is 5.76 Å². The van der Waals surface area contributed by atoms with Gasteiger partial charge in [-0.15, -0.1) is 11.3 Å². The summed E-state index contributed by atoms with van der Waals surface area (Å²) in [6.07, 6.45) is 2.86. The summed E-state index contributed by atoms with van der Waals surface area (Å²) in [5.41, 5.74) is 6.78. The van der Waals surface area contributed by atoms with Crippen LogP contribution >= 0.6 is 11.3 Å². The van der Waals surface area contributed by atoms with Crippen molar-refractivity contribution in [1.82, 2.24) is 4.98 Å². The van der Waals surface area contributed by atoms with Crippen molar-refractivity contribution in [3.05, 3.63) is 88.8 Å². The second-order valence-corrected chi connectivity index (χ2v) is 7.94. The number of carbonyl (C=O) groups excluding carboxylic acids is 3. The summed E-state index contributed by atoms with van der Waals surface area (Å²) in [7, 11) is 0. The molecule has 1 aromatic carbocycles. The molecule has 0 aliphatic carbocycles. The van der Waals surface area contributed by atoms with Crippen LogP contribution in [0.25, 0.3) is 0 Å². The normalized spacial score (nSPS) is 10.5. The Kier molecular flexibility index (Phi) is 6.18. The van der Waals surface area contributed by atoms with Crippen LogP contribution in [0.15, 0.2) is 71.5 Å². The van der Waals surface area contributed by atoms with Crippen LogP contribution < -0.4 is 21.1 Å². The van der Waals surface area contributed by atoms with Gasteiger partial charge in [-0.3, -0.25) is 14.4 Å². The number of rotatable bonds is 7. The highest BCUT2D eigenvalue weighted by Gasteiger charge is 2.17. The van der Waals surface area contributed by atoms with E-state index in [0.717, 1.165) is 16.9 Å². The fourth-order valence-electron chi connectivity index (χ4n) is 2.89. The summed E-state index contributed by atoms with van der Waals surface area (Å²) < 4.78 is 10.7. The van der Waals surface area contributed by atoms with Crippen LogP contribution in [0.5, 0.6) is 11.6 Å². The number of hydrogen-bond acceptors (Lipinski definition) is 7. The Hall–Kier alpha value is -4.44. The molecule has 9 nitrogen and oxygen atoms in total. The van der Waals surface area contributed by atoms with Gasteiger partial charge in [0.1, 0.15) is 5.75 Å². The predicted molar refractivity (Wildman–Crippen MR) is 123 cm³/mol. The molecule has 0 radical (unpaired) electrons. The minimum absolute atomic E-state index is 0.182. The molecule has 0 atom stereocenters. The third kappa shape index (κ3) is 5.25. The molecule has 4 aromatic rings. The van der Waals surface area contributed by atoms with Crippen LogP contribution in [0, 0.1) is 6.92 Å². The zero-order chi connectivity index (χ0) is 23.4. The second kappa shape index (κ2) is 9.37. The first-order valence-corrected chi connectivity index (χ1v) is 10.5. The third-order valence-corrected chi connectivity index (χ3v) is 5.59. The van der Waals surface area contributed by atoms with Crippen LogP contribution in [0.2, 0.25) is 0 Å². The molecule has 3 amide bonds. The molecule has 0 aliphatic heterocycles. The molecule has 0 saturated heterocycles. The summed E-state index contributed by atoms with van der Waals surface area (Å²) >= 11 is 1.15. The molecule has 10 heteroatoms. The zero-order valence-corrected chi connectivity index (χ0v) is 18.1. The number of hydrogen-bond donors (Lipinski definition) is 3. The largest absolute Gasteiger partial charge is 0.459 e.